The highest BCUT2D eigenvalue weighted by Gasteiger charge is 2.53. The van der Waals surface area contributed by atoms with E-state index in [9.17, 15) is 13.2 Å². The fourth-order valence-corrected chi connectivity index (χ4v) is 6.22. The third-order valence-corrected chi connectivity index (χ3v) is 7.68. The molecule has 5 nitrogen and oxygen atoms in total. The summed E-state index contributed by atoms with van der Waals surface area (Å²) >= 11 is 5.97. The zero-order chi connectivity index (χ0) is 18.2. The molecule has 1 aromatic carbocycles. The normalized spacial score (nSPS) is 22.4. The molecule has 1 heterocycles. The van der Waals surface area contributed by atoms with Crippen LogP contribution >= 0.6 is 11.6 Å². The average molecular weight is 383 g/mol. The van der Waals surface area contributed by atoms with Gasteiger partial charge in [0.25, 0.3) is 0 Å². The molecule has 0 atom stereocenters. The van der Waals surface area contributed by atoms with Crippen LogP contribution in [0.15, 0.2) is 29.8 Å². The summed E-state index contributed by atoms with van der Waals surface area (Å²) in [6.07, 6.45) is 4.65. The molecule has 1 saturated carbocycles. The Hall–Kier alpha value is -1.37. The van der Waals surface area contributed by atoms with Crippen LogP contribution in [-0.2, 0) is 14.8 Å². The predicted octanol–water partition coefficient (Wildman–Crippen LogP) is 3.17. The van der Waals surface area contributed by atoms with Crippen molar-refractivity contribution < 1.29 is 13.2 Å². The molecule has 0 bridgehead atoms. The monoisotopic (exact) mass is 382 g/mol. The summed E-state index contributed by atoms with van der Waals surface area (Å²) in [6, 6.07) is 6.86. The first-order valence-corrected chi connectivity index (χ1v) is 10.3. The van der Waals surface area contributed by atoms with Gasteiger partial charge in [0.05, 0.1) is 10.4 Å². The molecule has 1 amide bonds. The molecule has 1 spiro atoms. The number of rotatable bonds is 3. The van der Waals surface area contributed by atoms with Crippen molar-refractivity contribution in [3.63, 3.8) is 0 Å². The van der Waals surface area contributed by atoms with Gasteiger partial charge in [-0.3, -0.25) is 4.79 Å². The van der Waals surface area contributed by atoms with Crippen molar-refractivity contribution in [2.24, 2.45) is 0 Å². The van der Waals surface area contributed by atoms with E-state index in [2.05, 4.69) is 5.32 Å². The number of nitrogens with zero attached hydrogens (tertiary/aromatic N) is 1. The molecular formula is C18H23ClN2O3S. The summed E-state index contributed by atoms with van der Waals surface area (Å²) in [6.45, 7) is 1.69. The molecule has 1 N–H and O–H groups in total. The van der Waals surface area contributed by atoms with Crippen LogP contribution < -0.4 is 5.32 Å². The minimum Gasteiger partial charge on any atom is -0.352 e. The molecule has 1 aliphatic heterocycles. The van der Waals surface area contributed by atoms with E-state index in [1.54, 1.807) is 31.3 Å². The van der Waals surface area contributed by atoms with Gasteiger partial charge >= 0.3 is 0 Å². The number of benzene rings is 1. The number of hydrogen-bond donors (Lipinski definition) is 1. The molecule has 1 aromatic rings. The van der Waals surface area contributed by atoms with Crippen LogP contribution in [0, 0.1) is 0 Å². The SMILES string of the molecule is CC(=O)NCC1=C(c2ccc(Cl)cc2)S(=O)(=O)N(C)C12CCCCC2. The van der Waals surface area contributed by atoms with E-state index < -0.39 is 15.6 Å². The number of hydrogen-bond acceptors (Lipinski definition) is 3. The fourth-order valence-electron chi connectivity index (χ4n) is 4.06. The second kappa shape index (κ2) is 6.74. The highest BCUT2D eigenvalue weighted by Crippen LogP contribution is 2.50. The molecule has 3 rings (SSSR count). The lowest BCUT2D eigenvalue weighted by Crippen LogP contribution is -2.49. The van der Waals surface area contributed by atoms with E-state index in [4.69, 9.17) is 11.6 Å². The fraction of sp³-hybridized carbons (Fsp3) is 0.500. The Balaban J connectivity index is 2.20. The summed E-state index contributed by atoms with van der Waals surface area (Å²) in [5, 5.41) is 3.37. The summed E-state index contributed by atoms with van der Waals surface area (Å²) in [5.41, 5.74) is 0.889. The molecule has 1 fully saturated rings. The largest absolute Gasteiger partial charge is 0.352 e. The van der Waals surface area contributed by atoms with E-state index in [-0.39, 0.29) is 12.5 Å². The molecule has 25 heavy (non-hydrogen) atoms. The highest BCUT2D eigenvalue weighted by atomic mass is 35.5. The lowest BCUT2D eigenvalue weighted by atomic mass is 9.75. The first-order valence-electron chi connectivity index (χ1n) is 8.52. The topological polar surface area (TPSA) is 66.5 Å². The van der Waals surface area contributed by atoms with E-state index in [0.717, 1.165) is 37.7 Å². The molecule has 0 aromatic heterocycles. The van der Waals surface area contributed by atoms with E-state index in [1.807, 2.05) is 0 Å². The minimum absolute atomic E-state index is 0.166. The number of halogens is 1. The Kier molecular flexibility index (Phi) is 4.97. The maximum absolute atomic E-state index is 13.2. The maximum Gasteiger partial charge on any atom is 0.244 e. The van der Waals surface area contributed by atoms with Crippen molar-refractivity contribution in [3.8, 4) is 0 Å². The van der Waals surface area contributed by atoms with Crippen LogP contribution in [0.4, 0.5) is 0 Å². The molecule has 2 aliphatic rings. The van der Waals surface area contributed by atoms with Gasteiger partial charge in [0.2, 0.25) is 15.9 Å². The smallest absolute Gasteiger partial charge is 0.244 e. The molecule has 136 valence electrons. The van der Waals surface area contributed by atoms with Crippen molar-refractivity contribution in [1.29, 1.82) is 0 Å². The Morgan fingerprint density at radius 1 is 1.20 bits per heavy atom. The number of carbonyl (C=O) groups is 1. The molecule has 0 unspecified atom stereocenters. The third kappa shape index (κ3) is 3.11. The van der Waals surface area contributed by atoms with Gasteiger partial charge in [0.1, 0.15) is 0 Å². The summed E-state index contributed by atoms with van der Waals surface area (Å²) in [5.74, 6) is -0.166. The molecule has 7 heteroatoms. The predicted molar refractivity (Wildman–Crippen MR) is 99.6 cm³/mol. The van der Waals surface area contributed by atoms with Crippen LogP contribution in [-0.4, -0.2) is 37.8 Å². The van der Waals surface area contributed by atoms with Gasteiger partial charge in [-0.15, -0.1) is 0 Å². The van der Waals surface area contributed by atoms with Gasteiger partial charge in [0, 0.05) is 25.5 Å². The Labute approximate surface area is 154 Å². The minimum atomic E-state index is -3.62. The summed E-state index contributed by atoms with van der Waals surface area (Å²) < 4.78 is 28.0. The van der Waals surface area contributed by atoms with Gasteiger partial charge < -0.3 is 5.32 Å². The van der Waals surface area contributed by atoms with Crippen molar-refractivity contribution in [1.82, 2.24) is 9.62 Å². The van der Waals surface area contributed by atoms with Gasteiger partial charge in [-0.05, 0) is 36.1 Å². The van der Waals surface area contributed by atoms with Crippen molar-refractivity contribution in [3.05, 3.63) is 40.4 Å². The second-order valence-corrected chi connectivity index (χ2v) is 9.13. The standard InChI is InChI=1S/C18H23ClN2O3S/c1-13(22)20-12-16-17(14-6-8-15(19)9-7-14)25(23,24)21(2)18(16)10-4-3-5-11-18/h6-9H,3-5,10-12H2,1-2H3,(H,20,22). The zero-order valence-electron chi connectivity index (χ0n) is 14.5. The number of likely N-dealkylation sites (N-methyl/N-ethyl adjacent to an activating group) is 1. The molecule has 0 radical (unpaired) electrons. The van der Waals surface area contributed by atoms with Crippen molar-refractivity contribution in [2.75, 3.05) is 13.6 Å². The maximum atomic E-state index is 13.2. The first-order chi connectivity index (χ1) is 11.8. The van der Waals surface area contributed by atoms with Crippen LogP contribution in [0.1, 0.15) is 44.6 Å². The molecular weight excluding hydrogens is 360 g/mol. The van der Waals surface area contributed by atoms with Crippen LogP contribution in [0.25, 0.3) is 4.91 Å². The zero-order valence-corrected chi connectivity index (χ0v) is 16.1. The van der Waals surface area contributed by atoms with Gasteiger partial charge in [-0.25, -0.2) is 8.42 Å². The van der Waals surface area contributed by atoms with Crippen LogP contribution in [0.5, 0.6) is 0 Å². The van der Waals surface area contributed by atoms with E-state index >= 15 is 0 Å². The number of amides is 1. The van der Waals surface area contributed by atoms with E-state index in [1.165, 1.54) is 11.2 Å². The molecule has 1 aliphatic carbocycles. The Bertz CT molecular complexity index is 809. The molecule has 0 saturated heterocycles. The van der Waals surface area contributed by atoms with Crippen LogP contribution in [0.3, 0.4) is 0 Å². The number of carbonyl (C=O) groups excluding carboxylic acids is 1. The first kappa shape index (κ1) is 18.4. The van der Waals surface area contributed by atoms with Crippen molar-refractivity contribution in [2.45, 2.75) is 44.6 Å². The lowest BCUT2D eigenvalue weighted by Gasteiger charge is -2.40. The highest BCUT2D eigenvalue weighted by molar-refractivity contribution is 7.98. The van der Waals surface area contributed by atoms with Gasteiger partial charge in [-0.1, -0.05) is 43.0 Å². The van der Waals surface area contributed by atoms with Crippen molar-refractivity contribution >= 4 is 32.4 Å². The lowest BCUT2D eigenvalue weighted by molar-refractivity contribution is -0.118. The number of nitrogens with one attached hydrogen (secondary N) is 1. The quantitative estimate of drug-likeness (QED) is 0.873. The summed E-state index contributed by atoms with van der Waals surface area (Å²) in [4.78, 5) is 11.8. The second-order valence-electron chi connectivity index (χ2n) is 6.79. The van der Waals surface area contributed by atoms with Crippen LogP contribution in [0.2, 0.25) is 5.02 Å². The third-order valence-electron chi connectivity index (χ3n) is 5.36. The van der Waals surface area contributed by atoms with Gasteiger partial charge in [-0.2, -0.15) is 4.31 Å². The Morgan fingerprint density at radius 2 is 1.80 bits per heavy atom. The summed E-state index contributed by atoms with van der Waals surface area (Å²) in [7, 11) is -1.95. The van der Waals surface area contributed by atoms with E-state index in [0.29, 0.717) is 15.5 Å². The Morgan fingerprint density at radius 3 is 2.36 bits per heavy atom. The average Bonchev–Trinajstić information content (AvgIpc) is 2.73. The van der Waals surface area contributed by atoms with Gasteiger partial charge in [0.15, 0.2) is 0 Å². The number of sulfonamides is 1.